The molecule has 0 bridgehead atoms. The Morgan fingerprint density at radius 2 is 2.13 bits per heavy atom. The standard InChI is InChI=1S/C12H18N2S/c1-8(2)7-15-11-6-9(3)4-5-10(11)12(13)14/h4-6,8H,7H2,1-3H3,(H3,13,14). The Bertz CT molecular complexity index is 359. The molecule has 0 aliphatic rings. The Morgan fingerprint density at radius 3 is 2.67 bits per heavy atom. The van der Waals surface area contributed by atoms with Crippen LogP contribution in [0.1, 0.15) is 25.0 Å². The highest BCUT2D eigenvalue weighted by atomic mass is 32.2. The smallest absolute Gasteiger partial charge is 0.123 e. The molecule has 3 N–H and O–H groups in total. The Morgan fingerprint density at radius 1 is 1.47 bits per heavy atom. The summed E-state index contributed by atoms with van der Waals surface area (Å²) in [6.45, 7) is 6.44. The Balaban J connectivity index is 2.92. The second kappa shape index (κ2) is 5.21. The highest BCUT2D eigenvalue weighted by Crippen LogP contribution is 2.25. The van der Waals surface area contributed by atoms with Gasteiger partial charge in [-0.25, -0.2) is 0 Å². The van der Waals surface area contributed by atoms with Gasteiger partial charge in [-0.15, -0.1) is 11.8 Å². The van der Waals surface area contributed by atoms with E-state index in [2.05, 4.69) is 26.8 Å². The van der Waals surface area contributed by atoms with Crippen molar-refractivity contribution in [1.82, 2.24) is 0 Å². The lowest BCUT2D eigenvalue weighted by Gasteiger charge is -2.10. The molecule has 0 spiro atoms. The number of amidine groups is 1. The van der Waals surface area contributed by atoms with Crippen molar-refractivity contribution >= 4 is 17.6 Å². The second-order valence-corrected chi connectivity index (χ2v) is 5.18. The zero-order chi connectivity index (χ0) is 11.4. The summed E-state index contributed by atoms with van der Waals surface area (Å²) in [5, 5.41) is 7.50. The molecule has 82 valence electrons. The van der Waals surface area contributed by atoms with Gasteiger partial charge in [0.2, 0.25) is 0 Å². The van der Waals surface area contributed by atoms with Crippen LogP contribution >= 0.6 is 11.8 Å². The monoisotopic (exact) mass is 222 g/mol. The van der Waals surface area contributed by atoms with Gasteiger partial charge in [-0.2, -0.15) is 0 Å². The summed E-state index contributed by atoms with van der Waals surface area (Å²) in [5.41, 5.74) is 7.61. The first kappa shape index (κ1) is 12.1. The highest BCUT2D eigenvalue weighted by molar-refractivity contribution is 7.99. The molecule has 0 heterocycles. The zero-order valence-corrected chi connectivity index (χ0v) is 10.3. The third-order valence-corrected chi connectivity index (χ3v) is 3.48. The van der Waals surface area contributed by atoms with Crippen molar-refractivity contribution in [3.05, 3.63) is 29.3 Å². The fourth-order valence-corrected chi connectivity index (χ4v) is 2.34. The molecule has 3 heteroatoms. The van der Waals surface area contributed by atoms with E-state index in [-0.39, 0.29) is 5.84 Å². The lowest BCUT2D eigenvalue weighted by molar-refractivity contribution is 0.750. The van der Waals surface area contributed by atoms with Gasteiger partial charge in [-0.05, 0) is 30.5 Å². The van der Waals surface area contributed by atoms with E-state index in [4.69, 9.17) is 11.1 Å². The van der Waals surface area contributed by atoms with Crippen molar-refractivity contribution in [3.63, 3.8) is 0 Å². The molecule has 1 rings (SSSR count). The van der Waals surface area contributed by atoms with Gasteiger partial charge < -0.3 is 5.73 Å². The first-order valence-electron chi connectivity index (χ1n) is 5.08. The quantitative estimate of drug-likeness (QED) is 0.467. The lowest BCUT2D eigenvalue weighted by atomic mass is 10.1. The average Bonchev–Trinajstić information content (AvgIpc) is 2.14. The summed E-state index contributed by atoms with van der Waals surface area (Å²) in [7, 11) is 0. The summed E-state index contributed by atoms with van der Waals surface area (Å²) in [5.74, 6) is 1.86. The maximum Gasteiger partial charge on any atom is 0.123 e. The molecule has 0 aromatic heterocycles. The Kier molecular flexibility index (Phi) is 4.21. The van der Waals surface area contributed by atoms with Gasteiger partial charge in [0.25, 0.3) is 0 Å². The molecule has 0 radical (unpaired) electrons. The van der Waals surface area contributed by atoms with Crippen LogP contribution in [0.3, 0.4) is 0 Å². The van der Waals surface area contributed by atoms with E-state index in [0.29, 0.717) is 5.92 Å². The topological polar surface area (TPSA) is 49.9 Å². The maximum absolute atomic E-state index is 7.50. The van der Waals surface area contributed by atoms with E-state index in [1.165, 1.54) is 5.56 Å². The first-order valence-corrected chi connectivity index (χ1v) is 6.07. The second-order valence-electron chi connectivity index (χ2n) is 4.12. The average molecular weight is 222 g/mol. The molecule has 0 aliphatic heterocycles. The van der Waals surface area contributed by atoms with Gasteiger partial charge in [-0.1, -0.05) is 19.9 Å². The first-order chi connectivity index (χ1) is 7.00. The lowest BCUT2D eigenvalue weighted by Crippen LogP contribution is -2.12. The molecule has 1 aromatic rings. The maximum atomic E-state index is 7.50. The third kappa shape index (κ3) is 3.59. The van der Waals surface area contributed by atoms with Gasteiger partial charge in [0, 0.05) is 16.2 Å². The van der Waals surface area contributed by atoms with Crippen LogP contribution in [0.2, 0.25) is 0 Å². The van der Waals surface area contributed by atoms with E-state index in [1.807, 2.05) is 12.1 Å². The molecule has 2 nitrogen and oxygen atoms in total. The van der Waals surface area contributed by atoms with E-state index < -0.39 is 0 Å². The molecule has 1 aromatic carbocycles. The fourth-order valence-electron chi connectivity index (χ4n) is 1.23. The minimum atomic E-state index is 0.154. The van der Waals surface area contributed by atoms with Crippen LogP contribution in [0.4, 0.5) is 0 Å². The van der Waals surface area contributed by atoms with Crippen molar-refractivity contribution in [1.29, 1.82) is 5.41 Å². The normalized spacial score (nSPS) is 10.7. The van der Waals surface area contributed by atoms with E-state index in [1.54, 1.807) is 11.8 Å². The summed E-state index contributed by atoms with van der Waals surface area (Å²) in [4.78, 5) is 1.12. The van der Waals surface area contributed by atoms with Crippen molar-refractivity contribution in [2.75, 3.05) is 5.75 Å². The third-order valence-electron chi connectivity index (χ3n) is 2.00. The van der Waals surface area contributed by atoms with Crippen LogP contribution in [0, 0.1) is 18.3 Å². The molecule has 0 amide bonds. The van der Waals surface area contributed by atoms with Crippen molar-refractivity contribution < 1.29 is 0 Å². The minimum absolute atomic E-state index is 0.154. The summed E-state index contributed by atoms with van der Waals surface area (Å²) in [6.07, 6.45) is 0. The predicted octanol–water partition coefficient (Wildman–Crippen LogP) is 3.03. The summed E-state index contributed by atoms with van der Waals surface area (Å²) in [6, 6.07) is 6.03. The summed E-state index contributed by atoms with van der Waals surface area (Å²) < 4.78 is 0. The molecule has 0 saturated carbocycles. The molecule has 0 atom stereocenters. The highest BCUT2D eigenvalue weighted by Gasteiger charge is 2.06. The zero-order valence-electron chi connectivity index (χ0n) is 9.50. The van der Waals surface area contributed by atoms with Gasteiger partial charge in [0.1, 0.15) is 5.84 Å². The van der Waals surface area contributed by atoms with E-state index >= 15 is 0 Å². The number of benzene rings is 1. The fraction of sp³-hybridized carbons (Fsp3) is 0.417. The number of nitrogens with one attached hydrogen (secondary N) is 1. The number of nitrogen functional groups attached to an aromatic ring is 1. The van der Waals surface area contributed by atoms with Crippen LogP contribution in [0.25, 0.3) is 0 Å². The molecule has 0 unspecified atom stereocenters. The Labute approximate surface area is 95.8 Å². The number of nitrogens with two attached hydrogens (primary N) is 1. The predicted molar refractivity (Wildman–Crippen MR) is 67.8 cm³/mol. The van der Waals surface area contributed by atoms with Crippen LogP contribution < -0.4 is 5.73 Å². The van der Waals surface area contributed by atoms with Crippen LogP contribution in [0.5, 0.6) is 0 Å². The van der Waals surface area contributed by atoms with Gasteiger partial charge in [-0.3, -0.25) is 5.41 Å². The van der Waals surface area contributed by atoms with E-state index in [9.17, 15) is 0 Å². The van der Waals surface area contributed by atoms with Crippen molar-refractivity contribution in [2.24, 2.45) is 11.7 Å². The largest absolute Gasteiger partial charge is 0.384 e. The molecule has 0 aliphatic carbocycles. The number of hydrogen-bond acceptors (Lipinski definition) is 2. The molecular formula is C12H18N2S. The minimum Gasteiger partial charge on any atom is -0.384 e. The summed E-state index contributed by atoms with van der Waals surface area (Å²) >= 11 is 1.78. The van der Waals surface area contributed by atoms with E-state index in [0.717, 1.165) is 16.2 Å². The molecule has 15 heavy (non-hydrogen) atoms. The van der Waals surface area contributed by atoms with Crippen LogP contribution in [-0.4, -0.2) is 11.6 Å². The number of aryl methyl sites for hydroxylation is 1. The number of hydrogen-bond donors (Lipinski definition) is 2. The molecule has 0 fully saturated rings. The Hall–Kier alpha value is -0.960. The number of thioether (sulfide) groups is 1. The van der Waals surface area contributed by atoms with Crippen molar-refractivity contribution in [2.45, 2.75) is 25.7 Å². The number of rotatable bonds is 4. The van der Waals surface area contributed by atoms with Gasteiger partial charge in [0.15, 0.2) is 0 Å². The van der Waals surface area contributed by atoms with Crippen molar-refractivity contribution in [3.8, 4) is 0 Å². The molecule has 0 saturated heterocycles. The molecular weight excluding hydrogens is 204 g/mol. The van der Waals surface area contributed by atoms with Crippen LogP contribution in [0.15, 0.2) is 23.1 Å². The van der Waals surface area contributed by atoms with Gasteiger partial charge in [0.05, 0.1) is 0 Å². The SMILES string of the molecule is Cc1ccc(C(=N)N)c(SCC(C)C)c1. The van der Waals surface area contributed by atoms with Crippen LogP contribution in [-0.2, 0) is 0 Å². The van der Waals surface area contributed by atoms with Gasteiger partial charge >= 0.3 is 0 Å².